The summed E-state index contributed by atoms with van der Waals surface area (Å²) in [4.78, 5) is 26.0. The highest BCUT2D eigenvalue weighted by atomic mass is 19.1. The summed E-state index contributed by atoms with van der Waals surface area (Å²) in [5, 5.41) is 0. The Balaban J connectivity index is 1.77. The number of ether oxygens (including phenoxy) is 1. The highest BCUT2D eigenvalue weighted by molar-refractivity contribution is 5.95. The molecule has 1 aliphatic rings. The number of hydrogen-bond acceptors (Lipinski definition) is 4. The fraction of sp³-hybridized carbons (Fsp3) is 0.364. The molecule has 0 aliphatic carbocycles. The van der Waals surface area contributed by atoms with Gasteiger partial charge in [0.25, 0.3) is 5.91 Å². The summed E-state index contributed by atoms with van der Waals surface area (Å²) in [5.74, 6) is -0.974. The summed E-state index contributed by atoms with van der Waals surface area (Å²) < 4.78 is 20.2. The summed E-state index contributed by atoms with van der Waals surface area (Å²) >= 11 is 0. The second kappa shape index (κ2) is 9.52. The van der Waals surface area contributed by atoms with Gasteiger partial charge in [-0.1, -0.05) is 18.6 Å². The fourth-order valence-corrected chi connectivity index (χ4v) is 3.49. The van der Waals surface area contributed by atoms with Gasteiger partial charge in [0.05, 0.1) is 11.5 Å². The van der Waals surface area contributed by atoms with E-state index in [0.717, 1.165) is 24.8 Å². The first kappa shape index (κ1) is 20.8. The molecule has 0 saturated carbocycles. The lowest BCUT2D eigenvalue weighted by atomic mass is 10.0. The summed E-state index contributed by atoms with van der Waals surface area (Å²) in [6, 6.07) is 11.5. The molecule has 4 N–H and O–H groups in total. The third kappa shape index (κ3) is 5.32. The molecule has 1 heterocycles. The Morgan fingerprint density at radius 1 is 1.10 bits per heavy atom. The second-order valence-electron chi connectivity index (χ2n) is 7.27. The van der Waals surface area contributed by atoms with E-state index in [0.29, 0.717) is 31.0 Å². The summed E-state index contributed by atoms with van der Waals surface area (Å²) in [6.07, 6.45) is 2.98. The van der Waals surface area contributed by atoms with Crippen molar-refractivity contribution in [1.82, 2.24) is 4.90 Å². The maximum absolute atomic E-state index is 14.4. The molecule has 29 heavy (non-hydrogen) atoms. The molecule has 0 radical (unpaired) electrons. The number of halogens is 1. The van der Waals surface area contributed by atoms with Crippen molar-refractivity contribution in [2.75, 3.05) is 19.6 Å². The summed E-state index contributed by atoms with van der Waals surface area (Å²) in [6.45, 7) is 1.24. The molecule has 0 aromatic heterocycles. The molecule has 1 atom stereocenters. The van der Waals surface area contributed by atoms with E-state index in [1.807, 2.05) is 24.3 Å². The third-order valence-electron chi connectivity index (χ3n) is 5.12. The minimum absolute atomic E-state index is 0.0765. The number of benzene rings is 2. The number of carbonyl (C=O) groups excluding carboxylic acids is 2. The Labute approximate surface area is 169 Å². The molecular formula is C22H26FN3O3. The average molecular weight is 399 g/mol. The third-order valence-corrected chi connectivity index (χ3v) is 5.12. The predicted octanol–water partition coefficient (Wildman–Crippen LogP) is 2.85. The quantitative estimate of drug-likeness (QED) is 0.780. The van der Waals surface area contributed by atoms with Crippen molar-refractivity contribution in [3.63, 3.8) is 0 Å². The van der Waals surface area contributed by atoms with Crippen LogP contribution in [0.2, 0.25) is 0 Å². The standard InChI is InChI=1S/C22H26FN3O3/c23-20-9-8-18(29-17-6-4-15(5-7-17)10-11-24)13-19(20)22(28)26-12-2-1-3-16(14-26)21(25)27/h4-9,13,16H,1-3,10-12,14,24H2,(H2,25,27). The van der Waals surface area contributed by atoms with Gasteiger partial charge in [-0.25, -0.2) is 4.39 Å². The van der Waals surface area contributed by atoms with E-state index in [9.17, 15) is 14.0 Å². The van der Waals surface area contributed by atoms with Crippen molar-refractivity contribution in [2.24, 2.45) is 17.4 Å². The largest absolute Gasteiger partial charge is 0.457 e. The van der Waals surface area contributed by atoms with Crippen LogP contribution in [0.15, 0.2) is 42.5 Å². The molecule has 2 aromatic carbocycles. The van der Waals surface area contributed by atoms with Crippen molar-refractivity contribution in [3.8, 4) is 11.5 Å². The molecule has 3 rings (SSSR count). The van der Waals surface area contributed by atoms with Crippen molar-refractivity contribution in [2.45, 2.75) is 25.7 Å². The molecule has 2 aromatic rings. The predicted molar refractivity (Wildman–Crippen MR) is 108 cm³/mol. The van der Waals surface area contributed by atoms with Gasteiger partial charge in [0, 0.05) is 13.1 Å². The van der Waals surface area contributed by atoms with Crippen LogP contribution in [0, 0.1) is 11.7 Å². The Bertz CT molecular complexity index is 870. The Morgan fingerprint density at radius 3 is 2.52 bits per heavy atom. The normalized spacial score (nSPS) is 16.9. The van der Waals surface area contributed by atoms with Gasteiger partial charge in [-0.2, -0.15) is 0 Å². The highest BCUT2D eigenvalue weighted by Gasteiger charge is 2.27. The Kier molecular flexibility index (Phi) is 6.82. The van der Waals surface area contributed by atoms with Crippen LogP contribution in [-0.4, -0.2) is 36.3 Å². The number of nitrogens with two attached hydrogens (primary N) is 2. The molecule has 6 nitrogen and oxygen atoms in total. The number of likely N-dealkylation sites (tertiary alicyclic amines) is 1. The van der Waals surface area contributed by atoms with Crippen LogP contribution < -0.4 is 16.2 Å². The lowest BCUT2D eigenvalue weighted by Gasteiger charge is -2.23. The zero-order valence-electron chi connectivity index (χ0n) is 16.3. The molecule has 0 bridgehead atoms. The van der Waals surface area contributed by atoms with E-state index in [2.05, 4.69) is 0 Å². The summed E-state index contributed by atoms with van der Waals surface area (Å²) in [7, 11) is 0. The number of carbonyl (C=O) groups is 2. The molecule has 7 heteroatoms. The van der Waals surface area contributed by atoms with Crippen molar-refractivity contribution < 1.29 is 18.7 Å². The second-order valence-corrected chi connectivity index (χ2v) is 7.27. The minimum Gasteiger partial charge on any atom is -0.457 e. The van der Waals surface area contributed by atoms with Crippen LogP contribution in [-0.2, 0) is 11.2 Å². The minimum atomic E-state index is -0.625. The Morgan fingerprint density at radius 2 is 1.83 bits per heavy atom. The lowest BCUT2D eigenvalue weighted by Crippen LogP contribution is -2.39. The van der Waals surface area contributed by atoms with Crippen LogP contribution >= 0.6 is 0 Å². The molecule has 1 aliphatic heterocycles. The van der Waals surface area contributed by atoms with E-state index in [1.54, 1.807) is 0 Å². The number of amides is 2. The summed E-state index contributed by atoms with van der Waals surface area (Å²) in [5.41, 5.74) is 12.0. The first-order valence-electron chi connectivity index (χ1n) is 9.83. The van der Waals surface area contributed by atoms with Gasteiger partial charge in [-0.15, -0.1) is 0 Å². The molecular weight excluding hydrogens is 373 g/mol. The van der Waals surface area contributed by atoms with Crippen LogP contribution in [0.4, 0.5) is 4.39 Å². The molecule has 1 saturated heterocycles. The van der Waals surface area contributed by atoms with Gasteiger partial charge in [0.1, 0.15) is 17.3 Å². The molecule has 1 fully saturated rings. The van der Waals surface area contributed by atoms with E-state index < -0.39 is 23.5 Å². The number of hydrogen-bond donors (Lipinski definition) is 2. The zero-order valence-corrected chi connectivity index (χ0v) is 16.3. The van der Waals surface area contributed by atoms with E-state index in [1.165, 1.54) is 23.1 Å². The number of rotatable bonds is 6. The molecule has 154 valence electrons. The van der Waals surface area contributed by atoms with E-state index in [4.69, 9.17) is 16.2 Å². The molecule has 0 spiro atoms. The van der Waals surface area contributed by atoms with Gasteiger partial charge in [0.2, 0.25) is 5.91 Å². The fourth-order valence-electron chi connectivity index (χ4n) is 3.49. The average Bonchev–Trinajstić information content (AvgIpc) is 2.97. The smallest absolute Gasteiger partial charge is 0.256 e. The van der Waals surface area contributed by atoms with Gasteiger partial charge in [0.15, 0.2) is 0 Å². The van der Waals surface area contributed by atoms with Crippen molar-refractivity contribution in [1.29, 1.82) is 0 Å². The number of nitrogens with zero attached hydrogens (tertiary/aromatic N) is 1. The van der Waals surface area contributed by atoms with Gasteiger partial charge in [-0.3, -0.25) is 9.59 Å². The first-order chi connectivity index (χ1) is 14.0. The van der Waals surface area contributed by atoms with E-state index in [-0.39, 0.29) is 12.1 Å². The molecule has 2 amide bonds. The lowest BCUT2D eigenvalue weighted by molar-refractivity contribution is -0.122. The van der Waals surface area contributed by atoms with Crippen molar-refractivity contribution in [3.05, 3.63) is 59.4 Å². The Hall–Kier alpha value is -2.93. The van der Waals surface area contributed by atoms with Crippen LogP contribution in [0.5, 0.6) is 11.5 Å². The first-order valence-corrected chi connectivity index (χ1v) is 9.83. The zero-order chi connectivity index (χ0) is 20.8. The maximum Gasteiger partial charge on any atom is 0.256 e. The van der Waals surface area contributed by atoms with Crippen LogP contribution in [0.1, 0.15) is 35.2 Å². The van der Waals surface area contributed by atoms with Crippen LogP contribution in [0.25, 0.3) is 0 Å². The highest BCUT2D eigenvalue weighted by Crippen LogP contribution is 2.26. The monoisotopic (exact) mass is 399 g/mol. The van der Waals surface area contributed by atoms with Crippen LogP contribution in [0.3, 0.4) is 0 Å². The van der Waals surface area contributed by atoms with Crippen molar-refractivity contribution >= 4 is 11.8 Å². The number of primary amides is 1. The van der Waals surface area contributed by atoms with Gasteiger partial charge in [-0.05, 0) is 61.7 Å². The molecule has 1 unspecified atom stereocenters. The topological polar surface area (TPSA) is 98.7 Å². The van der Waals surface area contributed by atoms with Gasteiger partial charge >= 0.3 is 0 Å². The SMILES string of the molecule is NCCc1ccc(Oc2ccc(F)c(C(=O)N3CCCCC(C(N)=O)C3)c2)cc1. The van der Waals surface area contributed by atoms with Gasteiger partial charge < -0.3 is 21.1 Å². The van der Waals surface area contributed by atoms with E-state index >= 15 is 0 Å². The maximum atomic E-state index is 14.4.